The van der Waals surface area contributed by atoms with E-state index in [1.54, 1.807) is 22.6 Å². The van der Waals surface area contributed by atoms with Gasteiger partial charge in [-0.3, -0.25) is 14.4 Å². The van der Waals surface area contributed by atoms with Gasteiger partial charge in [-0.1, -0.05) is 23.7 Å². The summed E-state index contributed by atoms with van der Waals surface area (Å²) in [6.45, 7) is 4.59. The van der Waals surface area contributed by atoms with Crippen molar-refractivity contribution in [1.82, 2.24) is 9.47 Å². The number of amides is 1. The van der Waals surface area contributed by atoms with Crippen molar-refractivity contribution in [2.24, 2.45) is 5.92 Å². The Bertz CT molecular complexity index is 1190. The topological polar surface area (TPSA) is 88.8 Å². The zero-order valence-corrected chi connectivity index (χ0v) is 19.5. The van der Waals surface area contributed by atoms with Crippen LogP contribution in [0.15, 0.2) is 29.2 Å². The predicted molar refractivity (Wildman–Crippen MR) is 121 cm³/mol. The Hall–Kier alpha value is -2.71. The van der Waals surface area contributed by atoms with Crippen molar-refractivity contribution < 1.29 is 23.8 Å². The first-order valence-electron chi connectivity index (χ1n) is 10.9. The van der Waals surface area contributed by atoms with Crippen LogP contribution in [0, 0.1) is 11.7 Å². The molecule has 1 aliphatic heterocycles. The highest BCUT2D eigenvalue weighted by molar-refractivity contribution is 6.30. The zero-order chi connectivity index (χ0) is 24.1. The van der Waals surface area contributed by atoms with E-state index in [0.717, 1.165) is 0 Å². The van der Waals surface area contributed by atoms with Crippen molar-refractivity contribution in [2.75, 3.05) is 20.3 Å². The molecular formula is C24H26ClFN2O5. The van der Waals surface area contributed by atoms with Gasteiger partial charge >= 0.3 is 0 Å². The second-order valence-electron chi connectivity index (χ2n) is 9.06. The lowest BCUT2D eigenvalue weighted by molar-refractivity contribution is 0.0543. The van der Waals surface area contributed by atoms with Gasteiger partial charge in [0.05, 0.1) is 22.7 Å². The predicted octanol–water partition coefficient (Wildman–Crippen LogP) is 3.39. The van der Waals surface area contributed by atoms with Gasteiger partial charge in [0, 0.05) is 38.2 Å². The molecule has 0 bridgehead atoms. The van der Waals surface area contributed by atoms with Gasteiger partial charge in [0.1, 0.15) is 5.82 Å². The Balaban J connectivity index is 1.72. The van der Waals surface area contributed by atoms with Crippen molar-refractivity contribution >= 4 is 23.3 Å². The highest BCUT2D eigenvalue weighted by Gasteiger charge is 2.60. The Labute approximate surface area is 195 Å². The molecule has 1 amide bonds. The molecule has 0 saturated heterocycles. The molecule has 7 nitrogen and oxygen atoms in total. The third kappa shape index (κ3) is 3.85. The van der Waals surface area contributed by atoms with Gasteiger partial charge in [-0.15, -0.1) is 0 Å². The van der Waals surface area contributed by atoms with Crippen LogP contribution in [-0.2, 0) is 16.7 Å². The van der Waals surface area contributed by atoms with Crippen molar-refractivity contribution in [2.45, 2.75) is 44.7 Å². The number of rotatable bonds is 7. The number of hydrogen-bond acceptors (Lipinski definition) is 5. The van der Waals surface area contributed by atoms with Crippen LogP contribution >= 0.6 is 11.6 Å². The van der Waals surface area contributed by atoms with E-state index in [-0.39, 0.29) is 46.6 Å². The number of ketones is 1. The van der Waals surface area contributed by atoms with Crippen molar-refractivity contribution in [1.29, 1.82) is 0 Å². The Morgan fingerprint density at radius 2 is 2.09 bits per heavy atom. The first-order valence-corrected chi connectivity index (χ1v) is 11.2. The number of Topliss-reactive ketones (excluding diaryl/α,β-unsaturated/α-hetero) is 1. The number of aromatic hydroxyl groups is 1. The maximum absolute atomic E-state index is 14.2. The van der Waals surface area contributed by atoms with Crippen LogP contribution < -0.4 is 5.43 Å². The Kier molecular flexibility index (Phi) is 6.09. The SMILES string of the molecule is COCC1CC12CN(C(C)C)C(=O)c1c(O)c(=O)c(C(=O)CCc3cccc(Cl)c3F)cn12. The van der Waals surface area contributed by atoms with Crippen LogP contribution in [-0.4, -0.2) is 52.6 Å². The minimum Gasteiger partial charge on any atom is -0.503 e. The van der Waals surface area contributed by atoms with Gasteiger partial charge in [-0.2, -0.15) is 0 Å². The molecule has 1 saturated carbocycles. The summed E-state index contributed by atoms with van der Waals surface area (Å²) in [6.07, 6.45) is 1.98. The molecule has 9 heteroatoms. The van der Waals surface area contributed by atoms with E-state index in [1.807, 2.05) is 13.8 Å². The lowest BCUT2D eigenvalue weighted by atomic mass is 9.99. The van der Waals surface area contributed by atoms with E-state index < -0.39 is 34.2 Å². The number of nitrogens with zero attached hydrogens (tertiary/aromatic N) is 2. The van der Waals surface area contributed by atoms with E-state index in [0.29, 0.717) is 19.6 Å². The molecule has 176 valence electrons. The van der Waals surface area contributed by atoms with E-state index in [2.05, 4.69) is 0 Å². The van der Waals surface area contributed by atoms with E-state index in [1.165, 1.54) is 18.3 Å². The number of carbonyl (C=O) groups is 2. The van der Waals surface area contributed by atoms with Gasteiger partial charge < -0.3 is 19.3 Å². The van der Waals surface area contributed by atoms with Crippen LogP contribution in [0.3, 0.4) is 0 Å². The quantitative estimate of drug-likeness (QED) is 0.619. The number of hydrogen-bond donors (Lipinski definition) is 1. The molecule has 0 radical (unpaired) electrons. The molecule has 1 aromatic carbocycles. The smallest absolute Gasteiger partial charge is 0.274 e. The molecule has 1 fully saturated rings. The summed E-state index contributed by atoms with van der Waals surface area (Å²) in [5.41, 5.74) is -1.50. The largest absolute Gasteiger partial charge is 0.503 e. The van der Waals surface area contributed by atoms with Crippen LogP contribution in [0.1, 0.15) is 53.1 Å². The normalized spacial score (nSPS) is 21.6. The average Bonchev–Trinajstić information content (AvgIpc) is 3.46. The Morgan fingerprint density at radius 1 is 1.36 bits per heavy atom. The summed E-state index contributed by atoms with van der Waals surface area (Å²) in [5, 5.41) is 10.7. The van der Waals surface area contributed by atoms with Gasteiger partial charge in [-0.05, 0) is 38.3 Å². The van der Waals surface area contributed by atoms with Crippen LogP contribution in [0.2, 0.25) is 5.02 Å². The molecule has 33 heavy (non-hydrogen) atoms. The second-order valence-corrected chi connectivity index (χ2v) is 9.47. The van der Waals surface area contributed by atoms with Crippen LogP contribution in [0.5, 0.6) is 5.75 Å². The van der Waals surface area contributed by atoms with Gasteiger partial charge in [-0.25, -0.2) is 4.39 Å². The highest BCUT2D eigenvalue weighted by Crippen LogP contribution is 2.54. The van der Waals surface area contributed by atoms with Gasteiger partial charge in [0.15, 0.2) is 17.2 Å². The number of benzene rings is 1. The summed E-state index contributed by atoms with van der Waals surface area (Å²) in [4.78, 5) is 40.6. The lowest BCUT2D eigenvalue weighted by Gasteiger charge is -2.39. The number of carbonyl (C=O) groups excluding carboxylic acids is 2. The molecule has 2 aliphatic rings. The standard InChI is InChI=1S/C24H26ClFN2O5/c1-13(2)27-12-24(9-15(24)11-33-3)28-10-16(21(30)22(31)20(28)23(27)32)18(29)8-7-14-5-4-6-17(25)19(14)26/h4-6,10,13,15,31H,7-9,11-12H2,1-3H3. The average molecular weight is 477 g/mol. The lowest BCUT2D eigenvalue weighted by Crippen LogP contribution is -2.52. The van der Waals surface area contributed by atoms with Crippen molar-refractivity contribution in [3.05, 3.63) is 62.3 Å². The molecule has 1 spiro atoms. The minimum atomic E-state index is -0.893. The number of ether oxygens (including phenoxy) is 1. The second kappa shape index (κ2) is 8.57. The number of pyridine rings is 1. The fourth-order valence-corrected chi connectivity index (χ4v) is 4.94. The maximum atomic E-state index is 14.2. The van der Waals surface area contributed by atoms with Crippen molar-refractivity contribution in [3.8, 4) is 5.75 Å². The molecular weight excluding hydrogens is 451 g/mol. The van der Waals surface area contributed by atoms with E-state index in [4.69, 9.17) is 16.3 Å². The van der Waals surface area contributed by atoms with Crippen LogP contribution in [0.4, 0.5) is 4.39 Å². The molecule has 2 aromatic rings. The van der Waals surface area contributed by atoms with E-state index >= 15 is 0 Å². The Morgan fingerprint density at radius 3 is 2.76 bits per heavy atom. The third-order valence-corrected chi connectivity index (χ3v) is 7.01. The van der Waals surface area contributed by atoms with Gasteiger partial charge in [0.25, 0.3) is 5.91 Å². The van der Waals surface area contributed by atoms with E-state index in [9.17, 15) is 23.9 Å². The summed E-state index contributed by atoms with van der Waals surface area (Å²) < 4.78 is 21.1. The first-order chi connectivity index (χ1) is 15.6. The molecule has 2 unspecified atom stereocenters. The third-order valence-electron chi connectivity index (χ3n) is 6.71. The summed E-state index contributed by atoms with van der Waals surface area (Å²) in [6, 6.07) is 4.40. The molecule has 2 heterocycles. The fourth-order valence-electron chi connectivity index (χ4n) is 4.75. The number of methoxy groups -OCH3 is 1. The first kappa shape index (κ1) is 23.4. The molecule has 1 aromatic heterocycles. The minimum absolute atomic E-state index is 0.0421. The summed E-state index contributed by atoms with van der Waals surface area (Å²) in [7, 11) is 1.59. The summed E-state index contributed by atoms with van der Waals surface area (Å²) >= 11 is 5.80. The highest BCUT2D eigenvalue weighted by atomic mass is 35.5. The number of halogens is 2. The molecule has 4 rings (SSSR count). The van der Waals surface area contributed by atoms with Gasteiger partial charge in [0.2, 0.25) is 5.43 Å². The maximum Gasteiger partial charge on any atom is 0.274 e. The zero-order valence-electron chi connectivity index (χ0n) is 18.7. The monoisotopic (exact) mass is 476 g/mol. The molecule has 1 aliphatic carbocycles. The molecule has 2 atom stereocenters. The number of aromatic nitrogens is 1. The number of fused-ring (bicyclic) bond motifs is 2. The molecule has 1 N–H and O–H groups in total. The fraction of sp³-hybridized carbons (Fsp3) is 0.458. The number of aryl methyl sites for hydroxylation is 1. The summed E-state index contributed by atoms with van der Waals surface area (Å²) in [5.74, 6) is -2.25. The van der Waals surface area contributed by atoms with Crippen molar-refractivity contribution in [3.63, 3.8) is 0 Å². The van der Waals surface area contributed by atoms with Crippen LogP contribution in [0.25, 0.3) is 0 Å².